The van der Waals surface area contributed by atoms with Crippen molar-refractivity contribution in [2.75, 3.05) is 13.1 Å². The van der Waals surface area contributed by atoms with Crippen LogP contribution in [-0.2, 0) is 4.79 Å². The lowest BCUT2D eigenvalue weighted by molar-refractivity contribution is -0.140. The molecule has 1 heterocycles. The molecule has 0 aromatic carbocycles. The smallest absolute Gasteiger partial charge is 0.227 e. The van der Waals surface area contributed by atoms with Crippen LogP contribution in [0.5, 0.6) is 0 Å². The Hall–Kier alpha value is -0.570. The molecule has 0 aromatic heterocycles. The Bertz CT molecular complexity index is 313. The van der Waals surface area contributed by atoms with E-state index in [9.17, 15) is 4.79 Å². The van der Waals surface area contributed by atoms with Gasteiger partial charge >= 0.3 is 0 Å². The SMILES string of the molecule is CC1CCC(N(C(=O)C2CCCNC2)C2CC2)CC1. The molecule has 3 aliphatic rings. The van der Waals surface area contributed by atoms with Crippen LogP contribution in [0, 0.1) is 11.8 Å². The molecule has 0 aromatic rings. The van der Waals surface area contributed by atoms with E-state index in [-0.39, 0.29) is 5.92 Å². The number of nitrogens with one attached hydrogen (secondary N) is 1. The molecule has 1 unspecified atom stereocenters. The highest BCUT2D eigenvalue weighted by atomic mass is 16.2. The average Bonchev–Trinajstić information content (AvgIpc) is 3.27. The average molecular weight is 264 g/mol. The highest BCUT2D eigenvalue weighted by molar-refractivity contribution is 5.80. The number of carbonyl (C=O) groups is 1. The molecule has 0 spiro atoms. The third-order valence-electron chi connectivity index (χ3n) is 5.22. The molecule has 3 nitrogen and oxygen atoms in total. The van der Waals surface area contributed by atoms with Crippen molar-refractivity contribution in [2.45, 2.75) is 70.4 Å². The first-order valence-corrected chi connectivity index (χ1v) is 8.28. The van der Waals surface area contributed by atoms with Crippen molar-refractivity contribution in [3.05, 3.63) is 0 Å². The molecule has 1 atom stereocenters. The Morgan fingerprint density at radius 1 is 1.00 bits per heavy atom. The first-order chi connectivity index (χ1) is 9.25. The second kappa shape index (κ2) is 5.82. The maximum absolute atomic E-state index is 12.8. The Labute approximate surface area is 117 Å². The molecule has 1 saturated heterocycles. The molecule has 3 fully saturated rings. The van der Waals surface area contributed by atoms with Crippen LogP contribution in [0.1, 0.15) is 58.3 Å². The predicted molar refractivity (Wildman–Crippen MR) is 76.9 cm³/mol. The zero-order valence-electron chi connectivity index (χ0n) is 12.2. The van der Waals surface area contributed by atoms with Gasteiger partial charge in [-0.2, -0.15) is 0 Å². The Morgan fingerprint density at radius 2 is 1.63 bits per heavy atom. The lowest BCUT2D eigenvalue weighted by atomic mass is 9.85. The fraction of sp³-hybridized carbons (Fsp3) is 0.938. The number of rotatable bonds is 3. The van der Waals surface area contributed by atoms with Gasteiger partial charge in [0.15, 0.2) is 0 Å². The zero-order chi connectivity index (χ0) is 13.2. The van der Waals surface area contributed by atoms with Crippen LogP contribution in [0.15, 0.2) is 0 Å². The first-order valence-electron chi connectivity index (χ1n) is 8.28. The van der Waals surface area contributed by atoms with Crippen LogP contribution >= 0.6 is 0 Å². The maximum Gasteiger partial charge on any atom is 0.227 e. The van der Waals surface area contributed by atoms with Crippen molar-refractivity contribution in [3.63, 3.8) is 0 Å². The van der Waals surface area contributed by atoms with Gasteiger partial charge in [-0.15, -0.1) is 0 Å². The summed E-state index contributed by atoms with van der Waals surface area (Å²) in [5.41, 5.74) is 0. The van der Waals surface area contributed by atoms with Gasteiger partial charge in [0.25, 0.3) is 0 Å². The van der Waals surface area contributed by atoms with Gasteiger partial charge in [0, 0.05) is 18.6 Å². The van der Waals surface area contributed by atoms with Crippen molar-refractivity contribution >= 4 is 5.91 Å². The molecule has 1 amide bonds. The van der Waals surface area contributed by atoms with E-state index in [1.807, 2.05) is 0 Å². The van der Waals surface area contributed by atoms with Gasteiger partial charge < -0.3 is 10.2 Å². The fourth-order valence-electron chi connectivity index (χ4n) is 3.80. The number of nitrogens with zero attached hydrogens (tertiary/aromatic N) is 1. The quantitative estimate of drug-likeness (QED) is 0.849. The van der Waals surface area contributed by atoms with E-state index in [0.717, 1.165) is 31.8 Å². The summed E-state index contributed by atoms with van der Waals surface area (Å²) in [6.07, 6.45) is 9.85. The summed E-state index contributed by atoms with van der Waals surface area (Å²) in [6.45, 7) is 4.35. The minimum atomic E-state index is 0.258. The maximum atomic E-state index is 12.8. The monoisotopic (exact) mass is 264 g/mol. The molecule has 2 saturated carbocycles. The van der Waals surface area contributed by atoms with E-state index in [1.54, 1.807) is 0 Å². The molecule has 108 valence electrons. The van der Waals surface area contributed by atoms with Crippen LogP contribution < -0.4 is 5.32 Å². The number of amides is 1. The van der Waals surface area contributed by atoms with E-state index >= 15 is 0 Å². The molecule has 2 aliphatic carbocycles. The first kappa shape index (κ1) is 13.4. The number of hydrogen-bond donors (Lipinski definition) is 1. The van der Waals surface area contributed by atoms with Gasteiger partial charge in [0.1, 0.15) is 0 Å². The Kier molecular flexibility index (Phi) is 4.11. The van der Waals surface area contributed by atoms with Gasteiger partial charge in [-0.25, -0.2) is 0 Å². The molecular weight excluding hydrogens is 236 g/mol. The van der Waals surface area contributed by atoms with E-state index < -0.39 is 0 Å². The van der Waals surface area contributed by atoms with Crippen LogP contribution in [0.2, 0.25) is 0 Å². The number of piperidine rings is 1. The lowest BCUT2D eigenvalue weighted by Gasteiger charge is -2.39. The second-order valence-corrected chi connectivity index (χ2v) is 6.93. The predicted octanol–water partition coefficient (Wildman–Crippen LogP) is 2.56. The largest absolute Gasteiger partial charge is 0.336 e. The van der Waals surface area contributed by atoms with Gasteiger partial charge in [0.05, 0.1) is 5.92 Å². The normalized spacial score (nSPS) is 35.9. The van der Waals surface area contributed by atoms with Crippen molar-refractivity contribution in [1.29, 1.82) is 0 Å². The molecule has 19 heavy (non-hydrogen) atoms. The van der Waals surface area contributed by atoms with E-state index in [2.05, 4.69) is 17.1 Å². The summed E-state index contributed by atoms with van der Waals surface area (Å²) in [4.78, 5) is 15.2. The molecule has 3 heteroatoms. The molecule has 0 radical (unpaired) electrons. The van der Waals surface area contributed by atoms with Crippen LogP contribution in [0.4, 0.5) is 0 Å². The lowest BCUT2D eigenvalue weighted by Crippen LogP contribution is -2.49. The summed E-state index contributed by atoms with van der Waals surface area (Å²) in [7, 11) is 0. The Morgan fingerprint density at radius 3 is 2.16 bits per heavy atom. The molecule has 1 N–H and O–H groups in total. The summed E-state index contributed by atoms with van der Waals surface area (Å²) >= 11 is 0. The summed E-state index contributed by atoms with van der Waals surface area (Å²) in [6, 6.07) is 1.14. The minimum absolute atomic E-state index is 0.258. The highest BCUT2D eigenvalue weighted by Crippen LogP contribution is 2.36. The molecule has 0 bridgehead atoms. The Balaban J connectivity index is 1.64. The zero-order valence-corrected chi connectivity index (χ0v) is 12.2. The summed E-state index contributed by atoms with van der Waals surface area (Å²) in [5, 5.41) is 3.39. The van der Waals surface area contributed by atoms with Crippen molar-refractivity contribution in [3.8, 4) is 0 Å². The van der Waals surface area contributed by atoms with Crippen LogP contribution in [-0.4, -0.2) is 36.0 Å². The number of carbonyl (C=O) groups excluding carboxylic acids is 1. The van der Waals surface area contributed by atoms with Crippen molar-refractivity contribution in [2.24, 2.45) is 11.8 Å². The second-order valence-electron chi connectivity index (χ2n) is 6.93. The van der Waals surface area contributed by atoms with Gasteiger partial charge in [-0.05, 0) is 63.8 Å². The standard InChI is InChI=1S/C16H28N2O/c1-12-4-6-14(7-5-12)18(15-8-9-15)16(19)13-3-2-10-17-11-13/h12-15,17H,2-11H2,1H3. The third-order valence-corrected chi connectivity index (χ3v) is 5.22. The van der Waals surface area contributed by atoms with Crippen molar-refractivity contribution in [1.82, 2.24) is 10.2 Å². The van der Waals surface area contributed by atoms with Gasteiger partial charge in [0.2, 0.25) is 5.91 Å². The van der Waals surface area contributed by atoms with Crippen LogP contribution in [0.25, 0.3) is 0 Å². The van der Waals surface area contributed by atoms with Gasteiger partial charge in [-0.3, -0.25) is 4.79 Å². The highest BCUT2D eigenvalue weighted by Gasteiger charge is 2.40. The van der Waals surface area contributed by atoms with E-state index in [4.69, 9.17) is 0 Å². The molecule has 3 rings (SSSR count). The van der Waals surface area contributed by atoms with Crippen LogP contribution in [0.3, 0.4) is 0 Å². The topological polar surface area (TPSA) is 32.3 Å². The van der Waals surface area contributed by atoms with E-state index in [1.165, 1.54) is 38.5 Å². The fourth-order valence-corrected chi connectivity index (χ4v) is 3.80. The molecular formula is C16H28N2O. The minimum Gasteiger partial charge on any atom is -0.336 e. The number of hydrogen-bond acceptors (Lipinski definition) is 2. The summed E-state index contributed by atoms with van der Waals surface area (Å²) < 4.78 is 0. The summed E-state index contributed by atoms with van der Waals surface area (Å²) in [5.74, 6) is 1.59. The molecule has 1 aliphatic heterocycles. The van der Waals surface area contributed by atoms with Crippen molar-refractivity contribution < 1.29 is 4.79 Å². The van der Waals surface area contributed by atoms with Gasteiger partial charge in [-0.1, -0.05) is 6.92 Å². The van der Waals surface area contributed by atoms with E-state index in [0.29, 0.717) is 18.0 Å². The third kappa shape index (κ3) is 3.13.